The van der Waals surface area contributed by atoms with Gasteiger partial charge in [0.1, 0.15) is 0 Å². The van der Waals surface area contributed by atoms with Crippen molar-refractivity contribution in [2.24, 2.45) is 0 Å². The number of piperidine rings is 1. The molecule has 6 nitrogen and oxygen atoms in total. The van der Waals surface area contributed by atoms with Gasteiger partial charge in [-0.25, -0.2) is 4.98 Å². The van der Waals surface area contributed by atoms with Gasteiger partial charge >= 0.3 is 0 Å². The molecule has 0 atom stereocenters. The normalized spacial score (nSPS) is 14.8. The Labute approximate surface area is 166 Å². The molecule has 144 valence electrons. The largest absolute Gasteiger partial charge is 0.363 e. The highest BCUT2D eigenvalue weighted by molar-refractivity contribution is 7.80. The van der Waals surface area contributed by atoms with Gasteiger partial charge < -0.3 is 20.1 Å². The number of benzene rings is 1. The van der Waals surface area contributed by atoms with Crippen molar-refractivity contribution in [3.05, 3.63) is 48.5 Å². The van der Waals surface area contributed by atoms with Crippen molar-refractivity contribution >= 4 is 23.2 Å². The molecule has 0 aliphatic carbocycles. The van der Waals surface area contributed by atoms with Crippen LogP contribution in [0, 0.1) is 0 Å². The number of amides is 1. The predicted octanol–water partition coefficient (Wildman–Crippen LogP) is 2.74. The molecule has 0 bridgehead atoms. The highest BCUT2D eigenvalue weighted by Gasteiger charge is 2.24. The molecule has 1 aromatic heterocycles. The van der Waals surface area contributed by atoms with Gasteiger partial charge in [0.25, 0.3) is 5.91 Å². The minimum atomic E-state index is 0.0919. The van der Waals surface area contributed by atoms with Crippen molar-refractivity contribution < 1.29 is 4.79 Å². The zero-order valence-electron chi connectivity index (χ0n) is 15.7. The summed E-state index contributed by atoms with van der Waals surface area (Å²) in [4.78, 5) is 18.7. The van der Waals surface area contributed by atoms with Gasteiger partial charge in [-0.3, -0.25) is 4.79 Å². The fourth-order valence-electron chi connectivity index (χ4n) is 3.21. The maximum Gasteiger partial charge on any atom is 0.253 e. The van der Waals surface area contributed by atoms with E-state index in [1.54, 1.807) is 12.5 Å². The Morgan fingerprint density at radius 2 is 2.00 bits per heavy atom. The summed E-state index contributed by atoms with van der Waals surface area (Å²) >= 11 is 5.34. The third-order valence-corrected chi connectivity index (χ3v) is 5.11. The molecule has 1 saturated heterocycles. The Balaban J connectivity index is 1.47. The molecule has 1 aliphatic rings. The number of carbonyl (C=O) groups excluding carboxylic acids is 1. The van der Waals surface area contributed by atoms with Gasteiger partial charge in [-0.1, -0.05) is 13.3 Å². The van der Waals surface area contributed by atoms with Crippen molar-refractivity contribution in [3.8, 4) is 5.69 Å². The molecule has 1 aromatic carbocycles. The van der Waals surface area contributed by atoms with Crippen LogP contribution in [0.25, 0.3) is 5.69 Å². The summed E-state index contributed by atoms with van der Waals surface area (Å²) < 4.78 is 1.92. The fraction of sp³-hybridized carbons (Fsp3) is 0.450. The second-order valence-corrected chi connectivity index (χ2v) is 7.25. The van der Waals surface area contributed by atoms with Crippen LogP contribution in [0.1, 0.15) is 43.0 Å². The van der Waals surface area contributed by atoms with E-state index >= 15 is 0 Å². The Bertz CT molecular complexity index is 736. The third kappa shape index (κ3) is 5.29. The maximum atomic E-state index is 12.7. The molecule has 1 fully saturated rings. The number of nitrogens with one attached hydrogen (secondary N) is 2. The summed E-state index contributed by atoms with van der Waals surface area (Å²) in [7, 11) is 0. The van der Waals surface area contributed by atoms with E-state index in [4.69, 9.17) is 12.2 Å². The van der Waals surface area contributed by atoms with Gasteiger partial charge in [-0.05, 0) is 55.7 Å². The van der Waals surface area contributed by atoms with Gasteiger partial charge in [0.15, 0.2) is 5.11 Å². The number of rotatable bonds is 6. The number of hydrogen-bond donors (Lipinski definition) is 2. The quantitative estimate of drug-likeness (QED) is 0.591. The molecule has 0 spiro atoms. The summed E-state index contributed by atoms with van der Waals surface area (Å²) in [6.45, 7) is 4.57. The standard InChI is InChI=1S/C20H27N5OS/c1-2-3-10-22-20(27)23-17-8-12-24(13-9-17)19(26)16-4-6-18(7-5-16)25-14-11-21-15-25/h4-7,11,14-15,17H,2-3,8-10,12-13H2,1H3,(H2,22,23,27). The predicted molar refractivity (Wildman–Crippen MR) is 111 cm³/mol. The van der Waals surface area contributed by atoms with E-state index in [1.807, 2.05) is 39.9 Å². The molecule has 0 unspecified atom stereocenters. The second-order valence-electron chi connectivity index (χ2n) is 6.84. The lowest BCUT2D eigenvalue weighted by Gasteiger charge is -2.33. The average Bonchev–Trinajstić information content (AvgIpc) is 3.23. The molecule has 2 aromatic rings. The maximum absolute atomic E-state index is 12.7. The Morgan fingerprint density at radius 1 is 1.26 bits per heavy atom. The molecular weight excluding hydrogens is 358 g/mol. The Morgan fingerprint density at radius 3 is 2.63 bits per heavy atom. The van der Waals surface area contributed by atoms with Gasteiger partial charge in [-0.15, -0.1) is 0 Å². The minimum Gasteiger partial charge on any atom is -0.363 e. The van der Waals surface area contributed by atoms with E-state index in [9.17, 15) is 4.79 Å². The lowest BCUT2D eigenvalue weighted by atomic mass is 10.0. The summed E-state index contributed by atoms with van der Waals surface area (Å²) in [5, 5.41) is 7.34. The zero-order valence-corrected chi connectivity index (χ0v) is 16.5. The number of thiocarbonyl (C=S) groups is 1. The van der Waals surface area contributed by atoms with Crippen LogP contribution in [0.5, 0.6) is 0 Å². The van der Waals surface area contributed by atoms with Gasteiger partial charge in [0.2, 0.25) is 0 Å². The van der Waals surface area contributed by atoms with E-state index in [-0.39, 0.29) is 5.91 Å². The number of unbranched alkanes of at least 4 members (excludes halogenated alkanes) is 1. The van der Waals surface area contributed by atoms with Crippen LogP contribution in [-0.2, 0) is 0 Å². The SMILES string of the molecule is CCCCNC(=S)NC1CCN(C(=O)c2ccc(-n3ccnc3)cc2)CC1. The van der Waals surface area contributed by atoms with Crippen LogP contribution in [0.2, 0.25) is 0 Å². The van der Waals surface area contributed by atoms with Crippen LogP contribution in [0.3, 0.4) is 0 Å². The van der Waals surface area contributed by atoms with Crippen molar-refractivity contribution in [1.29, 1.82) is 0 Å². The second kappa shape index (κ2) is 9.50. The first-order chi connectivity index (χ1) is 13.2. The number of carbonyl (C=O) groups is 1. The summed E-state index contributed by atoms with van der Waals surface area (Å²) in [5.74, 6) is 0.0919. The molecule has 7 heteroatoms. The van der Waals surface area contributed by atoms with Crippen LogP contribution in [0.15, 0.2) is 43.0 Å². The molecule has 1 amide bonds. The summed E-state index contributed by atoms with van der Waals surface area (Å²) in [5.41, 5.74) is 1.72. The van der Waals surface area contributed by atoms with E-state index in [2.05, 4.69) is 22.5 Å². The van der Waals surface area contributed by atoms with Crippen LogP contribution in [0.4, 0.5) is 0 Å². The van der Waals surface area contributed by atoms with Gasteiger partial charge in [-0.2, -0.15) is 0 Å². The summed E-state index contributed by atoms with van der Waals surface area (Å²) in [6, 6.07) is 8.00. The lowest BCUT2D eigenvalue weighted by molar-refractivity contribution is 0.0710. The molecule has 0 saturated carbocycles. The lowest BCUT2D eigenvalue weighted by Crippen LogP contribution is -2.49. The Kier molecular flexibility index (Phi) is 6.81. The first-order valence-electron chi connectivity index (χ1n) is 9.59. The van der Waals surface area contributed by atoms with Crippen LogP contribution < -0.4 is 10.6 Å². The molecular formula is C20H27N5OS. The van der Waals surface area contributed by atoms with Gasteiger partial charge in [0, 0.05) is 49.3 Å². The number of aromatic nitrogens is 2. The first kappa shape index (κ1) is 19.4. The van der Waals surface area contributed by atoms with E-state index in [0.29, 0.717) is 6.04 Å². The number of hydrogen-bond acceptors (Lipinski definition) is 3. The minimum absolute atomic E-state index is 0.0919. The molecule has 2 N–H and O–H groups in total. The number of nitrogens with zero attached hydrogens (tertiary/aromatic N) is 3. The first-order valence-corrected chi connectivity index (χ1v) is 10.00. The third-order valence-electron chi connectivity index (χ3n) is 4.85. The van der Waals surface area contributed by atoms with Crippen molar-refractivity contribution in [3.63, 3.8) is 0 Å². The Hall–Kier alpha value is -2.41. The number of imidazole rings is 1. The smallest absolute Gasteiger partial charge is 0.253 e. The molecule has 0 radical (unpaired) electrons. The zero-order chi connectivity index (χ0) is 19.1. The fourth-order valence-corrected chi connectivity index (χ4v) is 3.48. The molecule has 2 heterocycles. The highest BCUT2D eigenvalue weighted by Crippen LogP contribution is 2.16. The van der Waals surface area contributed by atoms with E-state index < -0.39 is 0 Å². The van der Waals surface area contributed by atoms with Crippen molar-refractivity contribution in [1.82, 2.24) is 25.1 Å². The topological polar surface area (TPSA) is 62.2 Å². The molecule has 1 aliphatic heterocycles. The molecule has 3 rings (SSSR count). The summed E-state index contributed by atoms with van der Waals surface area (Å²) in [6.07, 6.45) is 9.46. The van der Waals surface area contributed by atoms with Crippen molar-refractivity contribution in [2.45, 2.75) is 38.6 Å². The van der Waals surface area contributed by atoms with Crippen molar-refractivity contribution in [2.75, 3.05) is 19.6 Å². The number of likely N-dealkylation sites (tertiary alicyclic amines) is 1. The van der Waals surface area contributed by atoms with E-state index in [1.165, 1.54) is 0 Å². The van der Waals surface area contributed by atoms with Crippen LogP contribution in [-0.4, -0.2) is 51.1 Å². The highest BCUT2D eigenvalue weighted by atomic mass is 32.1. The molecule has 27 heavy (non-hydrogen) atoms. The van der Waals surface area contributed by atoms with E-state index in [0.717, 1.165) is 61.7 Å². The monoisotopic (exact) mass is 385 g/mol. The van der Waals surface area contributed by atoms with Gasteiger partial charge in [0.05, 0.1) is 6.33 Å². The average molecular weight is 386 g/mol. The van der Waals surface area contributed by atoms with Crippen LogP contribution >= 0.6 is 12.2 Å².